The third-order valence-corrected chi connectivity index (χ3v) is 4.03. The van der Waals surface area contributed by atoms with Crippen molar-refractivity contribution in [1.29, 1.82) is 0 Å². The SMILES string of the molecule is N[C@@H](CNS(=O)(=O)N1CCCCC1)C(=O)O. The molecule has 94 valence electrons. The fourth-order valence-corrected chi connectivity index (χ4v) is 2.79. The highest BCUT2D eigenvalue weighted by atomic mass is 32.2. The third kappa shape index (κ3) is 3.71. The monoisotopic (exact) mass is 251 g/mol. The van der Waals surface area contributed by atoms with Gasteiger partial charge in [-0.15, -0.1) is 0 Å². The van der Waals surface area contributed by atoms with Crippen LogP contribution in [0.2, 0.25) is 0 Å². The van der Waals surface area contributed by atoms with E-state index in [-0.39, 0.29) is 6.54 Å². The van der Waals surface area contributed by atoms with Crippen LogP contribution in [0.5, 0.6) is 0 Å². The zero-order valence-electron chi connectivity index (χ0n) is 8.92. The van der Waals surface area contributed by atoms with Crippen molar-refractivity contribution >= 4 is 16.2 Å². The summed E-state index contributed by atoms with van der Waals surface area (Å²) in [5.74, 6) is -1.22. The maximum atomic E-state index is 11.7. The normalized spacial score (nSPS) is 20.6. The summed E-state index contributed by atoms with van der Waals surface area (Å²) in [6.07, 6.45) is 2.71. The van der Waals surface area contributed by atoms with E-state index < -0.39 is 22.2 Å². The number of carboxylic acid groups (broad SMARTS) is 1. The first kappa shape index (κ1) is 13.4. The van der Waals surface area contributed by atoms with Crippen LogP contribution in [-0.2, 0) is 15.0 Å². The standard InChI is InChI=1S/C8H17N3O4S/c9-7(8(12)13)6-10-16(14,15)11-4-2-1-3-5-11/h7,10H,1-6,9H2,(H,12,13)/t7-/m0/s1. The van der Waals surface area contributed by atoms with Crippen LogP contribution in [-0.4, -0.2) is 49.5 Å². The Morgan fingerprint density at radius 2 is 1.94 bits per heavy atom. The number of hydrogen-bond donors (Lipinski definition) is 3. The molecule has 0 saturated carbocycles. The van der Waals surface area contributed by atoms with Crippen LogP contribution < -0.4 is 10.5 Å². The lowest BCUT2D eigenvalue weighted by Gasteiger charge is -2.26. The van der Waals surface area contributed by atoms with Gasteiger partial charge in [-0.3, -0.25) is 4.79 Å². The van der Waals surface area contributed by atoms with Crippen molar-refractivity contribution in [3.8, 4) is 0 Å². The minimum Gasteiger partial charge on any atom is -0.480 e. The molecule has 4 N–H and O–H groups in total. The van der Waals surface area contributed by atoms with Gasteiger partial charge in [-0.05, 0) is 12.8 Å². The number of nitrogens with zero attached hydrogens (tertiary/aromatic N) is 1. The van der Waals surface area contributed by atoms with Gasteiger partial charge in [0.2, 0.25) is 0 Å². The largest absolute Gasteiger partial charge is 0.480 e. The number of nitrogens with one attached hydrogen (secondary N) is 1. The van der Waals surface area contributed by atoms with Gasteiger partial charge in [0.05, 0.1) is 0 Å². The van der Waals surface area contributed by atoms with Gasteiger partial charge in [-0.2, -0.15) is 17.4 Å². The Hall–Kier alpha value is -0.700. The fraction of sp³-hybridized carbons (Fsp3) is 0.875. The summed E-state index contributed by atoms with van der Waals surface area (Å²) in [5, 5.41) is 8.52. The summed E-state index contributed by atoms with van der Waals surface area (Å²) < 4.78 is 26.9. The van der Waals surface area contributed by atoms with Gasteiger partial charge in [-0.25, -0.2) is 0 Å². The van der Waals surface area contributed by atoms with E-state index in [1.54, 1.807) is 0 Å². The minimum atomic E-state index is -3.57. The summed E-state index contributed by atoms with van der Waals surface area (Å²) in [7, 11) is -3.57. The number of carbonyl (C=O) groups is 1. The lowest BCUT2D eigenvalue weighted by atomic mass is 10.2. The van der Waals surface area contributed by atoms with Gasteiger partial charge in [0.25, 0.3) is 10.2 Å². The summed E-state index contributed by atoms with van der Waals surface area (Å²) in [6.45, 7) is 0.684. The predicted octanol–water partition coefficient (Wildman–Crippen LogP) is -1.28. The van der Waals surface area contributed by atoms with Crippen molar-refractivity contribution in [1.82, 2.24) is 9.03 Å². The zero-order valence-corrected chi connectivity index (χ0v) is 9.74. The average molecular weight is 251 g/mol. The maximum Gasteiger partial charge on any atom is 0.321 e. The summed E-state index contributed by atoms with van der Waals surface area (Å²) in [6, 6.07) is -1.21. The Morgan fingerprint density at radius 1 is 1.38 bits per heavy atom. The van der Waals surface area contributed by atoms with Crippen molar-refractivity contribution in [3.63, 3.8) is 0 Å². The number of nitrogens with two attached hydrogens (primary N) is 1. The van der Waals surface area contributed by atoms with Gasteiger partial charge < -0.3 is 10.8 Å². The van der Waals surface area contributed by atoms with Crippen LogP contribution in [0, 0.1) is 0 Å². The van der Waals surface area contributed by atoms with Crippen molar-refractivity contribution in [2.45, 2.75) is 25.3 Å². The average Bonchev–Trinajstić information content (AvgIpc) is 2.27. The van der Waals surface area contributed by atoms with Gasteiger partial charge in [0, 0.05) is 19.6 Å². The molecule has 0 aromatic rings. The Labute approximate surface area is 94.8 Å². The molecule has 16 heavy (non-hydrogen) atoms. The van der Waals surface area contributed by atoms with E-state index in [4.69, 9.17) is 10.8 Å². The van der Waals surface area contributed by atoms with Gasteiger partial charge >= 0.3 is 5.97 Å². The van der Waals surface area contributed by atoms with Crippen LogP contribution in [0.4, 0.5) is 0 Å². The summed E-state index contributed by atoms with van der Waals surface area (Å²) in [5.41, 5.74) is 5.21. The maximum absolute atomic E-state index is 11.7. The van der Waals surface area contributed by atoms with Crippen LogP contribution in [0.25, 0.3) is 0 Å². The molecule has 0 unspecified atom stereocenters. The topological polar surface area (TPSA) is 113 Å². The van der Waals surface area contributed by atoms with Crippen molar-refractivity contribution in [3.05, 3.63) is 0 Å². The lowest BCUT2D eigenvalue weighted by Crippen LogP contribution is -2.48. The highest BCUT2D eigenvalue weighted by molar-refractivity contribution is 7.87. The fourth-order valence-electron chi connectivity index (χ4n) is 1.48. The molecule has 1 saturated heterocycles. The number of rotatable bonds is 5. The molecule has 1 aliphatic heterocycles. The summed E-state index contributed by atoms with van der Waals surface area (Å²) in [4.78, 5) is 10.4. The minimum absolute atomic E-state index is 0.284. The number of hydrogen-bond acceptors (Lipinski definition) is 4. The molecule has 1 heterocycles. The van der Waals surface area contributed by atoms with E-state index in [0.29, 0.717) is 13.1 Å². The zero-order chi connectivity index (χ0) is 12.2. The molecule has 8 heteroatoms. The lowest BCUT2D eigenvalue weighted by molar-refractivity contribution is -0.138. The molecule has 0 spiro atoms. The van der Waals surface area contributed by atoms with Gasteiger partial charge in [-0.1, -0.05) is 6.42 Å². The number of piperidine rings is 1. The molecule has 1 rings (SSSR count). The molecule has 1 fully saturated rings. The molecule has 0 aliphatic carbocycles. The first-order valence-corrected chi connectivity index (χ1v) is 6.60. The van der Waals surface area contributed by atoms with E-state index in [1.807, 2.05) is 0 Å². The molecule has 0 bridgehead atoms. The van der Waals surface area contributed by atoms with Gasteiger partial charge in [0.15, 0.2) is 0 Å². The smallest absolute Gasteiger partial charge is 0.321 e. The Morgan fingerprint density at radius 3 is 2.44 bits per heavy atom. The predicted molar refractivity (Wildman–Crippen MR) is 58.0 cm³/mol. The third-order valence-electron chi connectivity index (χ3n) is 2.46. The van der Waals surface area contributed by atoms with E-state index in [1.165, 1.54) is 4.31 Å². The van der Waals surface area contributed by atoms with E-state index >= 15 is 0 Å². The number of aliphatic carboxylic acids is 1. The molecule has 0 radical (unpaired) electrons. The molecule has 0 amide bonds. The molecular formula is C8H17N3O4S. The van der Waals surface area contributed by atoms with E-state index in [9.17, 15) is 13.2 Å². The first-order chi connectivity index (χ1) is 7.43. The van der Waals surface area contributed by atoms with Crippen LogP contribution in [0.15, 0.2) is 0 Å². The van der Waals surface area contributed by atoms with Crippen LogP contribution in [0.1, 0.15) is 19.3 Å². The molecule has 7 nitrogen and oxygen atoms in total. The highest BCUT2D eigenvalue weighted by Crippen LogP contribution is 2.11. The molecule has 0 aromatic carbocycles. The molecule has 0 aromatic heterocycles. The molecule has 1 aliphatic rings. The first-order valence-electron chi connectivity index (χ1n) is 5.16. The summed E-state index contributed by atoms with van der Waals surface area (Å²) >= 11 is 0. The van der Waals surface area contributed by atoms with Crippen molar-refractivity contribution < 1.29 is 18.3 Å². The van der Waals surface area contributed by atoms with Crippen molar-refractivity contribution in [2.24, 2.45) is 5.73 Å². The Balaban J connectivity index is 2.47. The van der Waals surface area contributed by atoms with Gasteiger partial charge in [0.1, 0.15) is 6.04 Å². The highest BCUT2D eigenvalue weighted by Gasteiger charge is 2.24. The second kappa shape index (κ2) is 5.58. The van der Waals surface area contributed by atoms with Crippen LogP contribution >= 0.6 is 0 Å². The van der Waals surface area contributed by atoms with Crippen molar-refractivity contribution in [2.75, 3.05) is 19.6 Å². The van der Waals surface area contributed by atoms with E-state index in [0.717, 1.165) is 19.3 Å². The molecular weight excluding hydrogens is 234 g/mol. The molecule has 1 atom stereocenters. The van der Waals surface area contributed by atoms with Crippen LogP contribution in [0.3, 0.4) is 0 Å². The second-order valence-electron chi connectivity index (χ2n) is 3.76. The number of carboxylic acids is 1. The quantitative estimate of drug-likeness (QED) is 0.563. The Bertz CT molecular complexity index is 337. The van der Waals surface area contributed by atoms with E-state index in [2.05, 4.69) is 4.72 Å². The second-order valence-corrected chi connectivity index (χ2v) is 5.51. The Kier molecular flexibility index (Phi) is 4.66.